The van der Waals surface area contributed by atoms with E-state index in [-0.39, 0.29) is 32.2 Å². The number of ether oxygens (including phenoxy) is 3. The van der Waals surface area contributed by atoms with Gasteiger partial charge in [0, 0.05) is 18.2 Å². The lowest BCUT2D eigenvalue weighted by molar-refractivity contribution is 0.0106. The summed E-state index contributed by atoms with van der Waals surface area (Å²) in [4.78, 5) is 21.7. The average Bonchev–Trinajstić information content (AvgIpc) is 3.37. The van der Waals surface area contributed by atoms with Gasteiger partial charge in [0.15, 0.2) is 0 Å². The van der Waals surface area contributed by atoms with Crippen LogP contribution in [0.5, 0.6) is 0 Å². The highest BCUT2D eigenvalue weighted by Gasteiger charge is 2.37. The molecule has 0 saturated carbocycles. The predicted molar refractivity (Wildman–Crippen MR) is 112 cm³/mol. The highest BCUT2D eigenvalue weighted by molar-refractivity contribution is 7.20. The number of benzene rings is 1. The molecule has 1 aliphatic rings. The second-order valence-corrected chi connectivity index (χ2v) is 7.89. The second-order valence-electron chi connectivity index (χ2n) is 6.86. The third-order valence-corrected chi connectivity index (χ3v) is 5.67. The van der Waals surface area contributed by atoms with Gasteiger partial charge in [0.25, 0.3) is 0 Å². The largest absolute Gasteiger partial charge is 0.462 e. The molecule has 0 saturated heterocycles. The Bertz CT molecular complexity index is 1100. The molecule has 1 aromatic carbocycles. The Morgan fingerprint density at radius 2 is 2.10 bits per heavy atom. The average molecular weight is 427 g/mol. The van der Waals surface area contributed by atoms with E-state index in [0.29, 0.717) is 26.5 Å². The van der Waals surface area contributed by atoms with Crippen molar-refractivity contribution in [1.29, 1.82) is 0 Å². The van der Waals surface area contributed by atoms with Gasteiger partial charge < -0.3 is 25.1 Å². The van der Waals surface area contributed by atoms with Crippen LogP contribution < -0.4 is 5.73 Å². The number of carbonyl (C=O) groups excluding carboxylic acids is 1. The number of nitrogen functional groups attached to an aromatic ring is 1. The number of nitrogens with two attached hydrogens (primary N) is 1. The Balaban J connectivity index is 1.83. The van der Waals surface area contributed by atoms with Crippen LogP contribution in [-0.2, 0) is 26.2 Å². The number of fused-ring (bicyclic) bond motifs is 1. The van der Waals surface area contributed by atoms with E-state index in [1.54, 1.807) is 13.0 Å². The molecule has 8 nitrogen and oxygen atoms in total. The van der Waals surface area contributed by atoms with E-state index in [2.05, 4.69) is 9.97 Å². The molecule has 2 aromatic heterocycles. The first kappa shape index (κ1) is 20.1. The Hall–Kier alpha value is -3.17. The van der Waals surface area contributed by atoms with Crippen LogP contribution in [0.1, 0.15) is 34.3 Å². The normalized spacial score (nSPS) is 15.2. The molecule has 30 heavy (non-hydrogen) atoms. The lowest BCUT2D eigenvalue weighted by atomic mass is 9.86. The smallest absolute Gasteiger partial charge is 0.348 e. The Labute approximate surface area is 176 Å². The van der Waals surface area contributed by atoms with E-state index in [1.165, 1.54) is 6.26 Å². The van der Waals surface area contributed by atoms with E-state index >= 15 is 0 Å². The van der Waals surface area contributed by atoms with Crippen molar-refractivity contribution in [2.45, 2.75) is 25.4 Å². The summed E-state index contributed by atoms with van der Waals surface area (Å²) in [6, 6.07) is 11.2. The molecule has 0 fully saturated rings. The number of hydrogen-bond acceptors (Lipinski definition) is 9. The van der Waals surface area contributed by atoms with Gasteiger partial charge >= 0.3 is 5.97 Å². The zero-order chi connectivity index (χ0) is 21.1. The van der Waals surface area contributed by atoms with Crippen LogP contribution in [0.15, 0.2) is 48.4 Å². The van der Waals surface area contributed by atoms with Gasteiger partial charge in [-0.2, -0.15) is 0 Å². The summed E-state index contributed by atoms with van der Waals surface area (Å²) in [6.45, 7) is 2.10. The number of aromatic nitrogens is 2. The number of rotatable bonds is 7. The molecule has 3 N–H and O–H groups in total. The van der Waals surface area contributed by atoms with Gasteiger partial charge in [0.1, 0.15) is 27.3 Å². The van der Waals surface area contributed by atoms with E-state index in [0.717, 1.165) is 16.9 Å². The minimum Gasteiger partial charge on any atom is -0.462 e. The standard InChI is InChI=1S/C21H21N3O5S/c1-2-28-19(25)16-8-15-17(23-20(22)24-18(15)30-16)21(26,10-14-11-27-12-29-14)9-13-6-4-3-5-7-13/h3-8,11,26H,2,9-10,12H2,1H3,(H2,22,23,24). The van der Waals surface area contributed by atoms with Crippen molar-refractivity contribution in [3.63, 3.8) is 0 Å². The maximum atomic E-state index is 12.2. The van der Waals surface area contributed by atoms with Gasteiger partial charge in [-0.15, -0.1) is 11.3 Å². The Morgan fingerprint density at radius 3 is 2.80 bits per heavy atom. The molecule has 1 aliphatic heterocycles. The van der Waals surface area contributed by atoms with Crippen molar-refractivity contribution in [2.24, 2.45) is 0 Å². The summed E-state index contributed by atoms with van der Waals surface area (Å²) in [5.74, 6) is 0.0604. The third kappa shape index (κ3) is 4.07. The van der Waals surface area contributed by atoms with Gasteiger partial charge in [-0.3, -0.25) is 0 Å². The van der Waals surface area contributed by atoms with Crippen LogP contribution in [0.2, 0.25) is 0 Å². The van der Waals surface area contributed by atoms with Crippen molar-refractivity contribution >= 4 is 33.5 Å². The number of carbonyl (C=O) groups is 1. The van der Waals surface area contributed by atoms with Crippen molar-refractivity contribution in [3.05, 3.63) is 64.6 Å². The number of thiophene rings is 1. The quantitative estimate of drug-likeness (QED) is 0.553. The Morgan fingerprint density at radius 1 is 1.30 bits per heavy atom. The minimum atomic E-state index is -1.47. The van der Waals surface area contributed by atoms with Crippen LogP contribution in [0.4, 0.5) is 5.95 Å². The third-order valence-electron chi connectivity index (χ3n) is 4.66. The molecule has 3 aromatic rings. The molecule has 0 radical (unpaired) electrons. The zero-order valence-electron chi connectivity index (χ0n) is 16.3. The summed E-state index contributed by atoms with van der Waals surface area (Å²) < 4.78 is 15.7. The highest BCUT2D eigenvalue weighted by atomic mass is 32.1. The summed E-state index contributed by atoms with van der Waals surface area (Å²) in [5.41, 5.74) is 5.72. The molecule has 0 amide bonds. The van der Waals surface area contributed by atoms with Gasteiger partial charge in [-0.1, -0.05) is 30.3 Å². The van der Waals surface area contributed by atoms with Crippen LogP contribution >= 0.6 is 11.3 Å². The fraction of sp³-hybridized carbons (Fsp3) is 0.286. The molecule has 156 valence electrons. The lowest BCUT2D eigenvalue weighted by Gasteiger charge is -2.28. The van der Waals surface area contributed by atoms with Crippen molar-refractivity contribution in [3.8, 4) is 0 Å². The van der Waals surface area contributed by atoms with E-state index < -0.39 is 11.6 Å². The lowest BCUT2D eigenvalue weighted by Crippen LogP contribution is -2.31. The van der Waals surface area contributed by atoms with Crippen LogP contribution in [0.25, 0.3) is 10.2 Å². The first-order valence-corrected chi connectivity index (χ1v) is 10.2. The molecule has 3 heterocycles. The topological polar surface area (TPSA) is 117 Å². The maximum Gasteiger partial charge on any atom is 0.348 e. The van der Waals surface area contributed by atoms with Crippen LogP contribution in [0.3, 0.4) is 0 Å². The summed E-state index contributed by atoms with van der Waals surface area (Å²) >= 11 is 1.15. The second kappa shape index (κ2) is 8.29. The molecule has 4 rings (SSSR count). The van der Waals surface area contributed by atoms with Crippen LogP contribution in [-0.4, -0.2) is 34.4 Å². The molecule has 1 atom stereocenters. The van der Waals surface area contributed by atoms with Gasteiger partial charge in [0.05, 0.1) is 12.3 Å². The number of esters is 1. The van der Waals surface area contributed by atoms with Crippen LogP contribution in [0, 0.1) is 0 Å². The minimum absolute atomic E-state index is 0.0128. The molecule has 9 heteroatoms. The summed E-state index contributed by atoms with van der Waals surface area (Å²) in [5, 5.41) is 12.4. The fourth-order valence-electron chi connectivity index (χ4n) is 3.41. The first-order valence-electron chi connectivity index (χ1n) is 9.43. The maximum absolute atomic E-state index is 12.2. The number of aliphatic hydroxyl groups is 1. The van der Waals surface area contributed by atoms with E-state index in [4.69, 9.17) is 19.9 Å². The highest BCUT2D eigenvalue weighted by Crippen LogP contribution is 2.39. The number of nitrogens with zero attached hydrogens (tertiary/aromatic N) is 2. The fourth-order valence-corrected chi connectivity index (χ4v) is 4.34. The zero-order valence-corrected chi connectivity index (χ0v) is 17.1. The SMILES string of the molecule is CCOC(=O)c1cc2c(C(O)(CC3=COCO3)Cc3ccccc3)nc(N)nc2s1. The van der Waals surface area contributed by atoms with E-state index in [1.807, 2.05) is 30.3 Å². The molecule has 0 spiro atoms. The van der Waals surface area contributed by atoms with Gasteiger partial charge in [-0.25, -0.2) is 14.8 Å². The molecule has 0 aliphatic carbocycles. The van der Waals surface area contributed by atoms with E-state index in [9.17, 15) is 9.90 Å². The van der Waals surface area contributed by atoms with Gasteiger partial charge in [0.2, 0.25) is 12.7 Å². The summed E-state index contributed by atoms with van der Waals surface area (Å²) in [6.07, 6.45) is 1.86. The number of anilines is 1. The Kier molecular flexibility index (Phi) is 5.56. The van der Waals surface area contributed by atoms with Crippen molar-refractivity contribution in [2.75, 3.05) is 19.1 Å². The summed E-state index contributed by atoms with van der Waals surface area (Å²) in [7, 11) is 0. The molecular formula is C21H21N3O5S. The van der Waals surface area contributed by atoms with Crippen molar-refractivity contribution in [1.82, 2.24) is 9.97 Å². The predicted octanol–water partition coefficient (Wildman–Crippen LogP) is 3.12. The first-order chi connectivity index (χ1) is 14.5. The molecule has 1 unspecified atom stereocenters. The monoisotopic (exact) mass is 427 g/mol. The van der Waals surface area contributed by atoms with Crippen molar-refractivity contribution < 1.29 is 24.1 Å². The molecular weight excluding hydrogens is 406 g/mol. The molecule has 0 bridgehead atoms. The number of hydrogen-bond donors (Lipinski definition) is 2. The van der Waals surface area contributed by atoms with Gasteiger partial charge in [-0.05, 0) is 18.6 Å².